The van der Waals surface area contributed by atoms with Crippen molar-refractivity contribution in [2.75, 3.05) is 6.61 Å². The third-order valence-electron chi connectivity index (χ3n) is 3.44. The number of nitrogens with one attached hydrogen (secondary N) is 1. The first kappa shape index (κ1) is 17.1. The first-order valence-electron chi connectivity index (χ1n) is 7.96. The Morgan fingerprint density at radius 2 is 2.00 bits per heavy atom. The van der Waals surface area contributed by atoms with E-state index in [2.05, 4.69) is 9.97 Å². The molecule has 0 fully saturated rings. The van der Waals surface area contributed by atoms with Crippen LogP contribution in [0.25, 0.3) is 17.1 Å². The second-order valence-electron chi connectivity index (χ2n) is 5.39. The Labute approximate surface area is 149 Å². The Kier molecular flexibility index (Phi) is 5.40. The third kappa shape index (κ3) is 4.42. The molecule has 0 amide bonds. The van der Waals surface area contributed by atoms with E-state index in [4.69, 9.17) is 4.74 Å². The highest BCUT2D eigenvalue weighted by Crippen LogP contribution is 2.28. The fourth-order valence-corrected chi connectivity index (χ4v) is 3.04. The molecule has 5 nitrogen and oxygen atoms in total. The molecule has 3 rings (SSSR count). The van der Waals surface area contributed by atoms with Crippen LogP contribution in [0.15, 0.2) is 58.6 Å². The summed E-state index contributed by atoms with van der Waals surface area (Å²) in [5, 5.41) is 10.0. The quantitative estimate of drug-likeness (QED) is 0.480. The molecule has 0 radical (unpaired) electrons. The number of aromatic amines is 1. The number of benzene rings is 2. The zero-order valence-electron chi connectivity index (χ0n) is 13.7. The number of hydrogen-bond acceptors (Lipinski definition) is 4. The van der Waals surface area contributed by atoms with Crippen LogP contribution in [0.1, 0.15) is 18.9 Å². The monoisotopic (exact) mass is 354 g/mol. The number of carboxylic acid groups (broad SMARTS) is 1. The smallest absolute Gasteiger partial charge is 0.342 e. The molecule has 1 heterocycles. The molecule has 0 aliphatic heterocycles. The van der Waals surface area contributed by atoms with Crippen LogP contribution in [0.4, 0.5) is 0 Å². The standard InChI is InChI=1S/C19H18N2O3S/c1-2-11-24-14-9-7-13(8-10-14)12-17(18(22)23)25-19-20-15-5-3-4-6-16(15)21-19/h3-10,12H,2,11H2,1H3,(H,20,21)(H,22,23)/b17-12+. The molecule has 0 atom stereocenters. The third-order valence-corrected chi connectivity index (χ3v) is 4.33. The van der Waals surface area contributed by atoms with E-state index in [0.717, 1.165) is 40.5 Å². The number of thioether (sulfide) groups is 1. The Balaban J connectivity index is 1.80. The molecule has 6 heteroatoms. The van der Waals surface area contributed by atoms with Crippen molar-refractivity contribution in [1.82, 2.24) is 9.97 Å². The lowest BCUT2D eigenvalue weighted by Gasteiger charge is -2.05. The van der Waals surface area contributed by atoms with Crippen molar-refractivity contribution in [3.8, 4) is 5.75 Å². The van der Waals surface area contributed by atoms with Gasteiger partial charge in [0.15, 0.2) is 5.16 Å². The van der Waals surface area contributed by atoms with E-state index in [-0.39, 0.29) is 4.91 Å². The van der Waals surface area contributed by atoms with Crippen LogP contribution in [0.2, 0.25) is 0 Å². The van der Waals surface area contributed by atoms with Crippen molar-refractivity contribution < 1.29 is 14.6 Å². The highest BCUT2D eigenvalue weighted by molar-refractivity contribution is 8.04. The fourth-order valence-electron chi connectivity index (χ4n) is 2.25. The molecule has 0 aliphatic carbocycles. The molecule has 0 saturated heterocycles. The van der Waals surface area contributed by atoms with E-state index < -0.39 is 5.97 Å². The number of H-pyrrole nitrogens is 1. The average Bonchev–Trinajstić information content (AvgIpc) is 3.03. The van der Waals surface area contributed by atoms with Crippen molar-refractivity contribution in [1.29, 1.82) is 0 Å². The fraction of sp³-hybridized carbons (Fsp3) is 0.158. The summed E-state index contributed by atoms with van der Waals surface area (Å²) in [5.74, 6) is -0.211. The lowest BCUT2D eigenvalue weighted by molar-refractivity contribution is -0.131. The predicted molar refractivity (Wildman–Crippen MR) is 99.8 cm³/mol. The number of nitrogens with zero attached hydrogens (tertiary/aromatic N) is 1. The summed E-state index contributed by atoms with van der Waals surface area (Å²) in [4.78, 5) is 19.3. The molecule has 2 N–H and O–H groups in total. The molecular formula is C19H18N2O3S. The van der Waals surface area contributed by atoms with Crippen LogP contribution in [-0.4, -0.2) is 27.7 Å². The zero-order chi connectivity index (χ0) is 17.6. The molecule has 25 heavy (non-hydrogen) atoms. The van der Waals surface area contributed by atoms with Crippen LogP contribution in [-0.2, 0) is 4.79 Å². The second-order valence-corrected chi connectivity index (χ2v) is 6.42. The number of rotatable bonds is 7. The summed E-state index contributed by atoms with van der Waals surface area (Å²) in [5.41, 5.74) is 2.49. The molecule has 1 aromatic heterocycles. The van der Waals surface area contributed by atoms with Gasteiger partial charge >= 0.3 is 5.97 Å². The number of aliphatic carboxylic acids is 1. The minimum absolute atomic E-state index is 0.196. The lowest BCUT2D eigenvalue weighted by atomic mass is 10.2. The SMILES string of the molecule is CCCOc1ccc(/C=C(/Sc2nc3ccccc3[nH]2)C(=O)O)cc1. The summed E-state index contributed by atoms with van der Waals surface area (Å²) >= 11 is 1.10. The van der Waals surface area contributed by atoms with E-state index in [1.165, 1.54) is 0 Å². The van der Waals surface area contributed by atoms with Gasteiger partial charge in [0.2, 0.25) is 0 Å². The highest BCUT2D eigenvalue weighted by atomic mass is 32.2. The summed E-state index contributed by atoms with van der Waals surface area (Å²) < 4.78 is 5.53. The van der Waals surface area contributed by atoms with Gasteiger partial charge in [0.1, 0.15) is 10.7 Å². The van der Waals surface area contributed by atoms with E-state index in [1.54, 1.807) is 6.08 Å². The normalized spacial score (nSPS) is 11.6. The summed E-state index contributed by atoms with van der Waals surface area (Å²) in [6.45, 7) is 2.71. The first-order valence-corrected chi connectivity index (χ1v) is 8.78. The molecule has 2 aromatic carbocycles. The van der Waals surface area contributed by atoms with Gasteiger partial charge in [-0.1, -0.05) is 31.2 Å². The summed E-state index contributed by atoms with van der Waals surface area (Å²) in [6, 6.07) is 15.0. The van der Waals surface area contributed by atoms with Gasteiger partial charge in [-0.15, -0.1) is 0 Å². The minimum atomic E-state index is -0.989. The topological polar surface area (TPSA) is 75.2 Å². The van der Waals surface area contributed by atoms with E-state index in [9.17, 15) is 9.90 Å². The largest absolute Gasteiger partial charge is 0.494 e. The number of carboxylic acids is 1. The van der Waals surface area contributed by atoms with Crippen LogP contribution in [0.3, 0.4) is 0 Å². The number of carbonyl (C=O) groups is 1. The summed E-state index contributed by atoms with van der Waals surface area (Å²) in [6.07, 6.45) is 2.57. The maximum absolute atomic E-state index is 11.6. The lowest BCUT2D eigenvalue weighted by Crippen LogP contribution is -1.97. The second kappa shape index (κ2) is 7.90. The van der Waals surface area contributed by atoms with Gasteiger partial charge in [-0.2, -0.15) is 0 Å². The maximum atomic E-state index is 11.6. The van der Waals surface area contributed by atoms with Gasteiger partial charge in [-0.3, -0.25) is 0 Å². The number of para-hydroxylation sites is 2. The number of ether oxygens (including phenoxy) is 1. The van der Waals surface area contributed by atoms with Crippen molar-refractivity contribution in [2.45, 2.75) is 18.5 Å². The highest BCUT2D eigenvalue weighted by Gasteiger charge is 2.13. The molecule has 0 unspecified atom stereocenters. The number of imidazole rings is 1. The molecule has 0 aliphatic rings. The van der Waals surface area contributed by atoms with Crippen molar-refractivity contribution in [3.05, 3.63) is 59.0 Å². The molecule has 0 saturated carbocycles. The first-order chi connectivity index (χ1) is 12.2. The predicted octanol–water partition coefficient (Wildman–Crippen LogP) is 4.57. The van der Waals surface area contributed by atoms with Crippen molar-refractivity contribution >= 4 is 34.8 Å². The van der Waals surface area contributed by atoms with E-state index in [1.807, 2.05) is 55.5 Å². The van der Waals surface area contributed by atoms with Crippen LogP contribution < -0.4 is 4.74 Å². The van der Waals surface area contributed by atoms with Crippen LogP contribution >= 0.6 is 11.8 Å². The number of aromatic nitrogens is 2. The average molecular weight is 354 g/mol. The Morgan fingerprint density at radius 1 is 1.24 bits per heavy atom. The van der Waals surface area contributed by atoms with Crippen LogP contribution in [0, 0.1) is 0 Å². The number of hydrogen-bond donors (Lipinski definition) is 2. The minimum Gasteiger partial charge on any atom is -0.494 e. The summed E-state index contributed by atoms with van der Waals surface area (Å²) in [7, 11) is 0. The van der Waals surface area contributed by atoms with Gasteiger partial charge in [0.05, 0.1) is 17.6 Å². The molecule has 0 spiro atoms. The van der Waals surface area contributed by atoms with Gasteiger partial charge in [-0.25, -0.2) is 9.78 Å². The zero-order valence-corrected chi connectivity index (χ0v) is 14.5. The van der Waals surface area contributed by atoms with E-state index >= 15 is 0 Å². The van der Waals surface area contributed by atoms with Crippen molar-refractivity contribution in [2.24, 2.45) is 0 Å². The van der Waals surface area contributed by atoms with Gasteiger partial charge < -0.3 is 14.8 Å². The Hall–Kier alpha value is -2.73. The molecule has 128 valence electrons. The Morgan fingerprint density at radius 3 is 2.68 bits per heavy atom. The van der Waals surface area contributed by atoms with Gasteiger partial charge in [0.25, 0.3) is 0 Å². The maximum Gasteiger partial charge on any atom is 0.342 e. The number of fused-ring (bicyclic) bond motifs is 1. The Bertz CT molecular complexity index is 867. The molecule has 3 aromatic rings. The van der Waals surface area contributed by atoms with Crippen LogP contribution in [0.5, 0.6) is 5.75 Å². The van der Waals surface area contributed by atoms with Crippen molar-refractivity contribution in [3.63, 3.8) is 0 Å². The molecule has 0 bridgehead atoms. The van der Waals surface area contributed by atoms with Gasteiger partial charge in [-0.05, 0) is 54.1 Å². The van der Waals surface area contributed by atoms with E-state index in [0.29, 0.717) is 11.8 Å². The van der Waals surface area contributed by atoms with Gasteiger partial charge in [0, 0.05) is 0 Å². The molecular weight excluding hydrogens is 336 g/mol.